The van der Waals surface area contributed by atoms with Crippen LogP contribution in [0.25, 0.3) is 10.9 Å². The van der Waals surface area contributed by atoms with Crippen LogP contribution in [-0.4, -0.2) is 30.6 Å². The number of rotatable bonds is 7. The first-order valence-electron chi connectivity index (χ1n) is 9.24. The van der Waals surface area contributed by atoms with Gasteiger partial charge in [-0.15, -0.1) is 0 Å². The predicted octanol–water partition coefficient (Wildman–Crippen LogP) is 3.41. The summed E-state index contributed by atoms with van der Waals surface area (Å²) in [5.41, 5.74) is 9.24. The number of nitrogens with one attached hydrogen (secondary N) is 2. The van der Waals surface area contributed by atoms with Gasteiger partial charge in [0.15, 0.2) is 0 Å². The number of hydrogen-bond donors (Lipinski definition) is 3. The smallest absolute Gasteiger partial charge is 0.224 e. The molecule has 5 heteroatoms. The lowest BCUT2D eigenvalue weighted by molar-refractivity contribution is -0.124. The average Bonchev–Trinajstić information content (AvgIpc) is 3.12. The highest BCUT2D eigenvalue weighted by molar-refractivity contribution is 5.84. The summed E-state index contributed by atoms with van der Waals surface area (Å²) in [6.45, 7) is 4.21. The lowest BCUT2D eigenvalue weighted by Gasteiger charge is -2.21. The highest BCUT2D eigenvalue weighted by Crippen LogP contribution is 2.31. The minimum absolute atomic E-state index is 0.0243. The molecule has 142 valence electrons. The van der Waals surface area contributed by atoms with E-state index in [9.17, 15) is 4.79 Å². The van der Waals surface area contributed by atoms with E-state index >= 15 is 0 Å². The molecule has 0 fully saturated rings. The number of hydrogen-bond acceptors (Lipinski definition) is 3. The van der Waals surface area contributed by atoms with Crippen molar-refractivity contribution in [2.75, 3.05) is 13.7 Å². The van der Waals surface area contributed by atoms with Crippen LogP contribution in [0.15, 0.2) is 54.7 Å². The van der Waals surface area contributed by atoms with E-state index < -0.39 is 0 Å². The molecule has 0 aliphatic rings. The van der Waals surface area contributed by atoms with Crippen LogP contribution < -0.4 is 15.8 Å². The molecule has 3 atom stereocenters. The molecular weight excluding hydrogens is 338 g/mol. The van der Waals surface area contributed by atoms with Gasteiger partial charge in [-0.25, -0.2) is 0 Å². The van der Waals surface area contributed by atoms with E-state index in [0.717, 1.165) is 27.8 Å². The van der Waals surface area contributed by atoms with Crippen molar-refractivity contribution in [2.24, 2.45) is 11.7 Å². The van der Waals surface area contributed by atoms with Gasteiger partial charge in [0.2, 0.25) is 5.91 Å². The monoisotopic (exact) mass is 365 g/mol. The van der Waals surface area contributed by atoms with Crippen LogP contribution in [0.5, 0.6) is 5.75 Å². The molecule has 1 amide bonds. The van der Waals surface area contributed by atoms with Crippen LogP contribution in [0.2, 0.25) is 0 Å². The Morgan fingerprint density at radius 1 is 1.15 bits per heavy atom. The largest absolute Gasteiger partial charge is 0.497 e. The molecule has 0 saturated heterocycles. The van der Waals surface area contributed by atoms with Gasteiger partial charge >= 0.3 is 0 Å². The first-order chi connectivity index (χ1) is 13.0. The van der Waals surface area contributed by atoms with Crippen molar-refractivity contribution < 1.29 is 9.53 Å². The molecule has 0 aliphatic carbocycles. The number of aromatic amines is 1. The Morgan fingerprint density at radius 3 is 2.52 bits per heavy atom. The molecule has 5 nitrogen and oxygen atoms in total. The SMILES string of the molecule is COc1ccc(C(CNC(=O)C(C)C(C)N)c2c[nH]c3ccccc23)cc1. The van der Waals surface area contributed by atoms with Crippen molar-refractivity contribution >= 4 is 16.8 Å². The third-order valence-corrected chi connectivity index (χ3v) is 5.20. The van der Waals surface area contributed by atoms with E-state index in [1.165, 1.54) is 0 Å². The Kier molecular flexibility index (Phi) is 5.81. The fourth-order valence-corrected chi connectivity index (χ4v) is 3.23. The first-order valence-corrected chi connectivity index (χ1v) is 9.24. The minimum Gasteiger partial charge on any atom is -0.497 e. The summed E-state index contributed by atoms with van der Waals surface area (Å²) in [5, 5.41) is 4.24. The highest BCUT2D eigenvalue weighted by Gasteiger charge is 2.22. The lowest BCUT2D eigenvalue weighted by atomic mass is 9.90. The molecule has 0 radical (unpaired) electrons. The van der Waals surface area contributed by atoms with Gasteiger partial charge in [0.25, 0.3) is 0 Å². The summed E-state index contributed by atoms with van der Waals surface area (Å²) in [5.74, 6) is 0.579. The van der Waals surface area contributed by atoms with Gasteiger partial charge in [-0.2, -0.15) is 0 Å². The summed E-state index contributed by atoms with van der Waals surface area (Å²) in [6.07, 6.45) is 2.03. The Labute approximate surface area is 159 Å². The fourth-order valence-electron chi connectivity index (χ4n) is 3.23. The highest BCUT2D eigenvalue weighted by atomic mass is 16.5. The second-order valence-electron chi connectivity index (χ2n) is 7.01. The van der Waals surface area contributed by atoms with Crippen molar-refractivity contribution in [3.8, 4) is 5.75 Å². The molecule has 0 spiro atoms. The van der Waals surface area contributed by atoms with Crippen LogP contribution in [0.4, 0.5) is 0 Å². The maximum atomic E-state index is 12.4. The number of amides is 1. The zero-order valence-electron chi connectivity index (χ0n) is 16.0. The third kappa shape index (κ3) is 4.14. The van der Waals surface area contributed by atoms with Crippen LogP contribution in [-0.2, 0) is 4.79 Å². The van der Waals surface area contributed by atoms with E-state index in [-0.39, 0.29) is 23.8 Å². The molecule has 0 saturated carbocycles. The van der Waals surface area contributed by atoms with Gasteiger partial charge in [0.05, 0.1) is 7.11 Å². The average molecular weight is 365 g/mol. The lowest BCUT2D eigenvalue weighted by Crippen LogP contribution is -2.40. The molecular formula is C22H27N3O2. The maximum absolute atomic E-state index is 12.4. The van der Waals surface area contributed by atoms with Gasteiger partial charge in [0.1, 0.15) is 5.75 Å². The molecule has 3 rings (SSSR count). The number of ether oxygens (including phenoxy) is 1. The number of para-hydroxylation sites is 1. The number of benzene rings is 2. The topological polar surface area (TPSA) is 80.1 Å². The summed E-state index contributed by atoms with van der Waals surface area (Å²) < 4.78 is 5.28. The number of carbonyl (C=O) groups excluding carboxylic acids is 1. The normalized spacial score (nSPS) is 14.5. The van der Waals surface area contributed by atoms with Crippen molar-refractivity contribution in [2.45, 2.75) is 25.8 Å². The predicted molar refractivity (Wildman–Crippen MR) is 109 cm³/mol. The van der Waals surface area contributed by atoms with Gasteiger partial charge in [-0.05, 0) is 36.2 Å². The van der Waals surface area contributed by atoms with Crippen LogP contribution in [0.3, 0.4) is 0 Å². The maximum Gasteiger partial charge on any atom is 0.224 e. The number of aromatic nitrogens is 1. The molecule has 3 unspecified atom stereocenters. The quantitative estimate of drug-likeness (QED) is 0.600. The summed E-state index contributed by atoms with van der Waals surface area (Å²) in [7, 11) is 1.65. The van der Waals surface area contributed by atoms with Crippen LogP contribution in [0, 0.1) is 5.92 Å². The van der Waals surface area contributed by atoms with Crippen molar-refractivity contribution in [3.05, 3.63) is 65.9 Å². The van der Waals surface area contributed by atoms with E-state index in [2.05, 4.69) is 22.4 Å². The van der Waals surface area contributed by atoms with Gasteiger partial charge in [-0.1, -0.05) is 37.3 Å². The Balaban J connectivity index is 1.92. The zero-order chi connectivity index (χ0) is 19.4. The third-order valence-electron chi connectivity index (χ3n) is 5.20. The summed E-state index contributed by atoms with van der Waals surface area (Å²) in [4.78, 5) is 15.8. The fraction of sp³-hybridized carbons (Fsp3) is 0.318. The molecule has 0 aliphatic heterocycles. The van der Waals surface area contributed by atoms with Gasteiger partial charge < -0.3 is 20.8 Å². The van der Waals surface area contributed by atoms with Crippen molar-refractivity contribution in [1.29, 1.82) is 0 Å². The summed E-state index contributed by atoms with van der Waals surface area (Å²) in [6, 6.07) is 16.0. The number of methoxy groups -OCH3 is 1. The zero-order valence-corrected chi connectivity index (χ0v) is 16.0. The van der Waals surface area contributed by atoms with Crippen LogP contribution >= 0.6 is 0 Å². The standard InChI is InChI=1S/C22H27N3O2/c1-14(15(2)23)22(26)25-12-19(16-8-10-17(27-3)11-9-16)20-13-24-21-7-5-4-6-18(20)21/h4-11,13-15,19,24H,12,23H2,1-3H3,(H,25,26). The van der Waals surface area contributed by atoms with Crippen molar-refractivity contribution in [1.82, 2.24) is 10.3 Å². The number of nitrogens with two attached hydrogens (primary N) is 1. The van der Waals surface area contributed by atoms with E-state index in [4.69, 9.17) is 10.5 Å². The molecule has 27 heavy (non-hydrogen) atoms. The Bertz CT molecular complexity index is 899. The Hall–Kier alpha value is -2.79. The second-order valence-corrected chi connectivity index (χ2v) is 7.01. The number of fused-ring (bicyclic) bond motifs is 1. The first kappa shape index (κ1) is 19.0. The molecule has 4 N–H and O–H groups in total. The minimum atomic E-state index is -0.232. The van der Waals surface area contributed by atoms with Gasteiger partial charge in [-0.3, -0.25) is 4.79 Å². The molecule has 0 bridgehead atoms. The molecule has 1 aromatic heterocycles. The van der Waals surface area contributed by atoms with Gasteiger partial charge in [0, 0.05) is 41.5 Å². The molecule has 3 aromatic rings. The van der Waals surface area contributed by atoms with E-state index in [1.807, 2.05) is 56.4 Å². The van der Waals surface area contributed by atoms with E-state index in [1.54, 1.807) is 7.11 Å². The molecule has 2 aromatic carbocycles. The molecule has 1 heterocycles. The number of H-pyrrole nitrogens is 1. The number of carbonyl (C=O) groups is 1. The second kappa shape index (κ2) is 8.27. The van der Waals surface area contributed by atoms with Crippen LogP contribution in [0.1, 0.15) is 30.9 Å². The Morgan fingerprint density at radius 2 is 1.85 bits per heavy atom. The van der Waals surface area contributed by atoms with Crippen molar-refractivity contribution in [3.63, 3.8) is 0 Å². The summed E-state index contributed by atoms with van der Waals surface area (Å²) >= 11 is 0. The van der Waals surface area contributed by atoms with E-state index in [0.29, 0.717) is 6.54 Å².